The molecule has 3 heteroatoms. The fourth-order valence-electron chi connectivity index (χ4n) is 1.70. The highest BCUT2D eigenvalue weighted by molar-refractivity contribution is 6.30. The molecule has 0 amide bonds. The Balaban J connectivity index is 2.34. The molecule has 0 saturated heterocycles. The van der Waals surface area contributed by atoms with Crippen LogP contribution in [0.3, 0.4) is 0 Å². The van der Waals surface area contributed by atoms with E-state index in [9.17, 15) is 0 Å². The second kappa shape index (κ2) is 4.30. The molecular formula is C13H15ClN2. The Labute approximate surface area is 101 Å². The molecule has 84 valence electrons. The normalized spacial score (nSPS) is 10.8. The number of benzene rings is 1. The van der Waals surface area contributed by atoms with E-state index < -0.39 is 0 Å². The lowest BCUT2D eigenvalue weighted by Crippen LogP contribution is -2.03. The van der Waals surface area contributed by atoms with E-state index in [1.807, 2.05) is 30.7 Å². The molecular weight excluding hydrogens is 220 g/mol. The van der Waals surface area contributed by atoms with E-state index in [0.29, 0.717) is 0 Å². The van der Waals surface area contributed by atoms with E-state index >= 15 is 0 Å². The van der Waals surface area contributed by atoms with Gasteiger partial charge in [-0.1, -0.05) is 35.9 Å². The summed E-state index contributed by atoms with van der Waals surface area (Å²) in [6.45, 7) is 6.82. The summed E-state index contributed by atoms with van der Waals surface area (Å²) >= 11 is 6.22. The second-order valence-electron chi connectivity index (χ2n) is 4.09. The summed E-state index contributed by atoms with van der Waals surface area (Å²) in [5.74, 6) is 0. The van der Waals surface area contributed by atoms with Gasteiger partial charge in [0.1, 0.15) is 5.15 Å². The molecule has 0 N–H and O–H groups in total. The molecule has 0 saturated carbocycles. The molecule has 2 nitrogen and oxygen atoms in total. The molecule has 0 aliphatic heterocycles. The molecule has 1 aromatic carbocycles. The van der Waals surface area contributed by atoms with Gasteiger partial charge in [0.05, 0.1) is 12.2 Å². The topological polar surface area (TPSA) is 17.8 Å². The van der Waals surface area contributed by atoms with Gasteiger partial charge in [-0.25, -0.2) is 4.68 Å². The van der Waals surface area contributed by atoms with Crippen LogP contribution in [0.15, 0.2) is 24.3 Å². The van der Waals surface area contributed by atoms with Crippen molar-refractivity contribution in [3.05, 3.63) is 51.8 Å². The summed E-state index contributed by atoms with van der Waals surface area (Å²) in [6, 6.07) is 8.30. The Hall–Kier alpha value is -1.28. The highest BCUT2D eigenvalue weighted by Gasteiger charge is 2.09. The van der Waals surface area contributed by atoms with Crippen LogP contribution in [0.2, 0.25) is 5.15 Å². The molecule has 2 rings (SSSR count). The summed E-state index contributed by atoms with van der Waals surface area (Å²) in [4.78, 5) is 0. The first-order chi connectivity index (χ1) is 7.59. The van der Waals surface area contributed by atoms with Gasteiger partial charge in [-0.3, -0.25) is 0 Å². The molecule has 0 unspecified atom stereocenters. The lowest BCUT2D eigenvalue weighted by Gasteiger charge is -2.06. The maximum absolute atomic E-state index is 6.22. The van der Waals surface area contributed by atoms with E-state index in [0.717, 1.165) is 23.0 Å². The number of rotatable bonds is 2. The smallest absolute Gasteiger partial charge is 0.130 e. The van der Waals surface area contributed by atoms with E-state index in [4.69, 9.17) is 11.6 Å². The maximum Gasteiger partial charge on any atom is 0.130 e. The standard InChI is InChI=1S/C13H15ClN2/c1-9-6-4-5-7-12(9)8-16-13(14)10(2)11(3)15-16/h4-7H,8H2,1-3H3. The van der Waals surface area contributed by atoms with Crippen molar-refractivity contribution in [3.63, 3.8) is 0 Å². The van der Waals surface area contributed by atoms with Gasteiger partial charge in [0.25, 0.3) is 0 Å². The van der Waals surface area contributed by atoms with Crippen LogP contribution < -0.4 is 0 Å². The lowest BCUT2D eigenvalue weighted by atomic mass is 10.1. The first-order valence-electron chi connectivity index (χ1n) is 5.33. The third kappa shape index (κ3) is 1.98. The number of halogens is 1. The Morgan fingerprint density at radius 1 is 1.19 bits per heavy atom. The number of hydrogen-bond acceptors (Lipinski definition) is 1. The van der Waals surface area contributed by atoms with Crippen LogP contribution in [0.25, 0.3) is 0 Å². The van der Waals surface area contributed by atoms with Gasteiger partial charge in [0.15, 0.2) is 0 Å². The van der Waals surface area contributed by atoms with E-state index in [-0.39, 0.29) is 0 Å². The van der Waals surface area contributed by atoms with Gasteiger partial charge < -0.3 is 0 Å². The van der Waals surface area contributed by atoms with Crippen molar-refractivity contribution in [1.29, 1.82) is 0 Å². The maximum atomic E-state index is 6.22. The molecule has 2 aromatic rings. The van der Waals surface area contributed by atoms with Gasteiger partial charge >= 0.3 is 0 Å². The van der Waals surface area contributed by atoms with Crippen LogP contribution in [0.5, 0.6) is 0 Å². The van der Waals surface area contributed by atoms with E-state index in [1.165, 1.54) is 11.1 Å². The van der Waals surface area contributed by atoms with E-state index in [2.05, 4.69) is 24.2 Å². The molecule has 0 spiro atoms. The zero-order valence-electron chi connectivity index (χ0n) is 9.79. The van der Waals surface area contributed by atoms with Gasteiger partial charge in [-0.15, -0.1) is 0 Å². The molecule has 0 fully saturated rings. The Morgan fingerprint density at radius 2 is 1.88 bits per heavy atom. The highest BCUT2D eigenvalue weighted by atomic mass is 35.5. The van der Waals surface area contributed by atoms with Crippen molar-refractivity contribution in [1.82, 2.24) is 9.78 Å². The SMILES string of the molecule is Cc1ccccc1Cn1nc(C)c(C)c1Cl. The quantitative estimate of drug-likeness (QED) is 0.778. The third-order valence-corrected chi connectivity index (χ3v) is 3.41. The summed E-state index contributed by atoms with van der Waals surface area (Å²) in [5, 5.41) is 5.17. The Bertz CT molecular complexity index is 515. The van der Waals surface area contributed by atoms with Crippen LogP contribution >= 0.6 is 11.6 Å². The Kier molecular flexibility index (Phi) is 3.01. The molecule has 0 atom stereocenters. The summed E-state index contributed by atoms with van der Waals surface area (Å²) in [6.07, 6.45) is 0. The summed E-state index contributed by atoms with van der Waals surface area (Å²) in [5.41, 5.74) is 4.59. The average molecular weight is 235 g/mol. The van der Waals surface area contributed by atoms with Crippen LogP contribution in [-0.4, -0.2) is 9.78 Å². The molecule has 16 heavy (non-hydrogen) atoms. The number of aryl methyl sites for hydroxylation is 2. The average Bonchev–Trinajstić information content (AvgIpc) is 2.50. The first kappa shape index (κ1) is 11.2. The largest absolute Gasteiger partial charge is 0.249 e. The minimum absolute atomic E-state index is 0.736. The molecule has 1 heterocycles. The minimum Gasteiger partial charge on any atom is -0.249 e. The molecule has 0 bridgehead atoms. The predicted octanol–water partition coefficient (Wildman–Crippen LogP) is 3.51. The van der Waals surface area contributed by atoms with Gasteiger partial charge in [0.2, 0.25) is 0 Å². The van der Waals surface area contributed by atoms with Gasteiger partial charge in [-0.2, -0.15) is 5.10 Å². The molecule has 0 aliphatic rings. The van der Waals surface area contributed by atoms with Crippen LogP contribution in [0.4, 0.5) is 0 Å². The van der Waals surface area contributed by atoms with Crippen molar-refractivity contribution in [2.75, 3.05) is 0 Å². The van der Waals surface area contributed by atoms with Gasteiger partial charge in [0, 0.05) is 5.56 Å². The Morgan fingerprint density at radius 3 is 2.44 bits per heavy atom. The van der Waals surface area contributed by atoms with Crippen molar-refractivity contribution >= 4 is 11.6 Å². The molecule has 1 aromatic heterocycles. The first-order valence-corrected chi connectivity index (χ1v) is 5.71. The minimum atomic E-state index is 0.736. The predicted molar refractivity (Wildman–Crippen MR) is 67.0 cm³/mol. The number of nitrogens with zero attached hydrogens (tertiary/aromatic N) is 2. The van der Waals surface area contributed by atoms with Crippen LogP contribution in [0, 0.1) is 20.8 Å². The van der Waals surface area contributed by atoms with Crippen LogP contribution in [0.1, 0.15) is 22.4 Å². The highest BCUT2D eigenvalue weighted by Crippen LogP contribution is 2.20. The molecule has 0 aliphatic carbocycles. The third-order valence-electron chi connectivity index (χ3n) is 2.93. The summed E-state index contributed by atoms with van der Waals surface area (Å²) in [7, 11) is 0. The lowest BCUT2D eigenvalue weighted by molar-refractivity contribution is 0.677. The van der Waals surface area contributed by atoms with E-state index in [1.54, 1.807) is 0 Å². The summed E-state index contributed by atoms with van der Waals surface area (Å²) < 4.78 is 1.86. The van der Waals surface area contributed by atoms with Gasteiger partial charge in [-0.05, 0) is 31.9 Å². The van der Waals surface area contributed by atoms with Crippen molar-refractivity contribution in [3.8, 4) is 0 Å². The molecule has 0 radical (unpaired) electrons. The fraction of sp³-hybridized carbons (Fsp3) is 0.308. The van der Waals surface area contributed by atoms with Crippen LogP contribution in [-0.2, 0) is 6.54 Å². The fourth-order valence-corrected chi connectivity index (χ4v) is 1.93. The zero-order chi connectivity index (χ0) is 11.7. The van der Waals surface area contributed by atoms with Crippen molar-refractivity contribution in [2.45, 2.75) is 27.3 Å². The van der Waals surface area contributed by atoms with Crippen molar-refractivity contribution < 1.29 is 0 Å². The monoisotopic (exact) mass is 234 g/mol. The second-order valence-corrected chi connectivity index (χ2v) is 4.44. The number of hydrogen-bond donors (Lipinski definition) is 0. The zero-order valence-corrected chi connectivity index (χ0v) is 10.5. The number of aromatic nitrogens is 2. The van der Waals surface area contributed by atoms with Crippen molar-refractivity contribution in [2.24, 2.45) is 0 Å².